The number of hydrogen-bond donors (Lipinski definition) is 1. The molecule has 0 aliphatic heterocycles. The fourth-order valence-corrected chi connectivity index (χ4v) is 3.29. The predicted molar refractivity (Wildman–Crippen MR) is 76.2 cm³/mol. The number of rotatable bonds is 3. The third kappa shape index (κ3) is 3.08. The first-order valence-corrected chi connectivity index (χ1v) is 7.44. The smallest absolute Gasteiger partial charge is 0.131 e. The molecule has 114 valence electrons. The first-order valence-electron chi connectivity index (χ1n) is 7.44. The average Bonchev–Trinajstić information content (AvgIpc) is 2.46. The van der Waals surface area contributed by atoms with Crippen molar-refractivity contribution in [3.63, 3.8) is 0 Å². The Bertz CT molecular complexity index is 542. The van der Waals surface area contributed by atoms with Crippen LogP contribution < -0.4 is 0 Å². The van der Waals surface area contributed by atoms with E-state index in [1.807, 2.05) is 0 Å². The van der Waals surface area contributed by atoms with E-state index in [1.54, 1.807) is 0 Å². The van der Waals surface area contributed by atoms with Gasteiger partial charge in [-0.25, -0.2) is 8.78 Å². The molecule has 0 radical (unpaired) electrons. The molecule has 1 aliphatic rings. The van der Waals surface area contributed by atoms with Gasteiger partial charge in [-0.2, -0.15) is 5.26 Å². The normalized spacial score (nSPS) is 27.4. The summed E-state index contributed by atoms with van der Waals surface area (Å²) in [6.45, 7) is 4.31. The summed E-state index contributed by atoms with van der Waals surface area (Å²) in [7, 11) is 0. The minimum Gasteiger partial charge on any atom is -0.387 e. The third-order valence-electron chi connectivity index (χ3n) is 4.87. The zero-order chi connectivity index (χ0) is 15.6. The molecule has 1 aliphatic carbocycles. The lowest BCUT2D eigenvalue weighted by atomic mass is 9.65. The average molecular weight is 293 g/mol. The van der Waals surface area contributed by atoms with E-state index in [9.17, 15) is 19.1 Å². The summed E-state index contributed by atoms with van der Waals surface area (Å²) < 4.78 is 26.8. The highest BCUT2D eigenvalue weighted by Gasteiger charge is 2.43. The van der Waals surface area contributed by atoms with Gasteiger partial charge in [0, 0.05) is 11.6 Å². The van der Waals surface area contributed by atoms with E-state index in [1.165, 1.54) is 6.07 Å². The van der Waals surface area contributed by atoms with Gasteiger partial charge in [-0.15, -0.1) is 0 Å². The molecule has 1 aromatic rings. The molecule has 0 heterocycles. The number of halogens is 2. The van der Waals surface area contributed by atoms with Gasteiger partial charge in [0.25, 0.3) is 0 Å². The van der Waals surface area contributed by atoms with Crippen molar-refractivity contribution in [2.75, 3.05) is 0 Å². The second-order valence-electron chi connectivity index (χ2n) is 6.42. The molecule has 0 bridgehead atoms. The second-order valence-corrected chi connectivity index (χ2v) is 6.42. The van der Waals surface area contributed by atoms with Crippen LogP contribution in [0.4, 0.5) is 8.78 Å². The highest BCUT2D eigenvalue weighted by molar-refractivity contribution is 5.25. The van der Waals surface area contributed by atoms with Crippen molar-refractivity contribution in [3.8, 4) is 6.07 Å². The molecule has 0 saturated heterocycles. The van der Waals surface area contributed by atoms with E-state index in [0.29, 0.717) is 24.7 Å². The molecule has 1 saturated carbocycles. The zero-order valence-electron chi connectivity index (χ0n) is 12.4. The number of aliphatic hydroxyl groups excluding tert-OH is 1. The first kappa shape index (κ1) is 15.9. The quantitative estimate of drug-likeness (QED) is 0.900. The fraction of sp³-hybridized carbons (Fsp3) is 0.588. The number of benzene rings is 1. The summed E-state index contributed by atoms with van der Waals surface area (Å²) in [6, 6.07) is 5.32. The van der Waals surface area contributed by atoms with E-state index in [4.69, 9.17) is 0 Å². The maximum absolute atomic E-state index is 13.9. The molecule has 21 heavy (non-hydrogen) atoms. The Kier molecular flexibility index (Phi) is 4.63. The number of aliphatic hydroxyl groups is 1. The largest absolute Gasteiger partial charge is 0.387 e. The van der Waals surface area contributed by atoms with E-state index in [-0.39, 0.29) is 5.56 Å². The summed E-state index contributed by atoms with van der Waals surface area (Å²) >= 11 is 0. The third-order valence-corrected chi connectivity index (χ3v) is 4.87. The Hall–Kier alpha value is -1.47. The highest BCUT2D eigenvalue weighted by Crippen LogP contribution is 2.48. The maximum atomic E-state index is 13.9. The van der Waals surface area contributed by atoms with Gasteiger partial charge in [0.1, 0.15) is 17.7 Å². The SMILES string of the molecule is CC(C)C1CCC(C#N)(C(O)c2ccc(F)cc2F)CC1. The molecule has 1 N–H and O–H groups in total. The van der Waals surface area contributed by atoms with Crippen LogP contribution in [0.2, 0.25) is 0 Å². The topological polar surface area (TPSA) is 44.0 Å². The van der Waals surface area contributed by atoms with Gasteiger partial charge in [0.05, 0.1) is 11.5 Å². The number of nitrogens with zero attached hydrogens (tertiary/aromatic N) is 1. The fourth-order valence-electron chi connectivity index (χ4n) is 3.29. The van der Waals surface area contributed by atoms with Gasteiger partial charge < -0.3 is 5.11 Å². The van der Waals surface area contributed by atoms with Gasteiger partial charge in [-0.1, -0.05) is 19.9 Å². The van der Waals surface area contributed by atoms with Crippen molar-refractivity contribution in [2.24, 2.45) is 17.3 Å². The molecule has 1 fully saturated rings. The van der Waals surface area contributed by atoms with Crippen LogP contribution in [0.3, 0.4) is 0 Å². The Morgan fingerprint density at radius 1 is 1.29 bits per heavy atom. The minimum absolute atomic E-state index is 0.0148. The van der Waals surface area contributed by atoms with Crippen molar-refractivity contribution in [3.05, 3.63) is 35.4 Å². The van der Waals surface area contributed by atoms with Gasteiger partial charge in [0.2, 0.25) is 0 Å². The Morgan fingerprint density at radius 2 is 1.90 bits per heavy atom. The van der Waals surface area contributed by atoms with Crippen LogP contribution in [0.5, 0.6) is 0 Å². The van der Waals surface area contributed by atoms with Crippen LogP contribution in [0.1, 0.15) is 51.2 Å². The van der Waals surface area contributed by atoms with Crippen LogP contribution >= 0.6 is 0 Å². The van der Waals surface area contributed by atoms with Gasteiger partial charge in [-0.3, -0.25) is 0 Å². The van der Waals surface area contributed by atoms with E-state index in [2.05, 4.69) is 19.9 Å². The second kappa shape index (κ2) is 6.11. The van der Waals surface area contributed by atoms with Crippen LogP contribution in [0.15, 0.2) is 18.2 Å². The minimum atomic E-state index is -1.21. The monoisotopic (exact) mass is 293 g/mol. The van der Waals surface area contributed by atoms with E-state index >= 15 is 0 Å². The molecule has 4 heteroatoms. The van der Waals surface area contributed by atoms with E-state index in [0.717, 1.165) is 25.0 Å². The van der Waals surface area contributed by atoms with Gasteiger partial charge in [-0.05, 0) is 43.6 Å². The van der Waals surface area contributed by atoms with Crippen LogP contribution in [-0.4, -0.2) is 5.11 Å². The molecule has 0 spiro atoms. The van der Waals surface area contributed by atoms with Crippen LogP contribution in [0.25, 0.3) is 0 Å². The molecule has 0 aromatic heterocycles. The Morgan fingerprint density at radius 3 is 2.38 bits per heavy atom. The lowest BCUT2D eigenvalue weighted by Gasteiger charge is -2.39. The van der Waals surface area contributed by atoms with Crippen molar-refractivity contribution in [2.45, 2.75) is 45.6 Å². The van der Waals surface area contributed by atoms with Crippen molar-refractivity contribution in [1.82, 2.24) is 0 Å². The lowest BCUT2D eigenvalue weighted by Crippen LogP contribution is -2.34. The van der Waals surface area contributed by atoms with Gasteiger partial charge in [0.15, 0.2) is 0 Å². The lowest BCUT2D eigenvalue weighted by molar-refractivity contribution is 0.0167. The van der Waals surface area contributed by atoms with Crippen molar-refractivity contribution >= 4 is 0 Å². The predicted octanol–water partition coefficient (Wildman–Crippen LogP) is 4.35. The molecule has 2 nitrogen and oxygen atoms in total. The van der Waals surface area contributed by atoms with E-state index < -0.39 is 23.2 Å². The molecular weight excluding hydrogens is 272 g/mol. The molecular formula is C17H21F2NO. The molecule has 2 rings (SSSR count). The molecule has 0 amide bonds. The molecule has 1 atom stereocenters. The summed E-state index contributed by atoms with van der Waals surface area (Å²) in [4.78, 5) is 0. The summed E-state index contributed by atoms with van der Waals surface area (Å²) in [5, 5.41) is 20.0. The molecule has 1 aromatic carbocycles. The van der Waals surface area contributed by atoms with Gasteiger partial charge >= 0.3 is 0 Å². The summed E-state index contributed by atoms with van der Waals surface area (Å²) in [5.41, 5.74) is -0.953. The van der Waals surface area contributed by atoms with Crippen LogP contribution in [0, 0.1) is 40.2 Å². The Balaban J connectivity index is 2.24. The standard InChI is InChI=1S/C17H21F2NO/c1-11(2)12-5-7-17(10-20,8-6-12)16(21)14-4-3-13(18)9-15(14)19/h3-4,9,11-12,16,21H,5-8H2,1-2H3. The number of hydrogen-bond acceptors (Lipinski definition) is 2. The maximum Gasteiger partial charge on any atom is 0.131 e. The zero-order valence-corrected chi connectivity index (χ0v) is 12.4. The molecule has 1 unspecified atom stereocenters. The summed E-state index contributed by atoms with van der Waals surface area (Å²) in [6.07, 6.45) is 1.58. The van der Waals surface area contributed by atoms with Crippen LogP contribution in [-0.2, 0) is 0 Å². The number of nitriles is 1. The summed E-state index contributed by atoms with van der Waals surface area (Å²) in [5.74, 6) is -0.390. The Labute approximate surface area is 124 Å². The first-order chi connectivity index (χ1) is 9.89. The highest BCUT2D eigenvalue weighted by atomic mass is 19.1. The van der Waals surface area contributed by atoms with Crippen molar-refractivity contribution < 1.29 is 13.9 Å². The van der Waals surface area contributed by atoms with Crippen molar-refractivity contribution in [1.29, 1.82) is 5.26 Å².